The van der Waals surface area contributed by atoms with Crippen molar-refractivity contribution in [3.63, 3.8) is 0 Å². The van der Waals surface area contributed by atoms with Crippen molar-refractivity contribution < 1.29 is 4.74 Å². The quantitative estimate of drug-likeness (QED) is 0.896. The van der Waals surface area contributed by atoms with Crippen LogP contribution in [0.15, 0.2) is 16.7 Å². The Morgan fingerprint density at radius 1 is 1.47 bits per heavy atom. The molecule has 0 spiro atoms. The number of halogens is 1. The summed E-state index contributed by atoms with van der Waals surface area (Å²) in [4.78, 5) is 4.28. The Balaban J connectivity index is 2.03. The number of hydrogen-bond donors (Lipinski definition) is 1. The molecule has 1 aliphatic heterocycles. The van der Waals surface area contributed by atoms with Crippen molar-refractivity contribution in [2.45, 2.75) is 25.9 Å². The lowest BCUT2D eigenvalue weighted by atomic mass is 10.1. The molecule has 1 fully saturated rings. The number of aromatic nitrogens is 1. The highest BCUT2D eigenvalue weighted by molar-refractivity contribution is 9.10. The molecule has 15 heavy (non-hydrogen) atoms. The van der Waals surface area contributed by atoms with Gasteiger partial charge in [-0.15, -0.1) is 0 Å². The number of ether oxygens (including phenoxy) is 1. The normalized spacial score (nSPS) is 17.7. The lowest BCUT2D eigenvalue weighted by Crippen LogP contribution is -2.34. The third kappa shape index (κ3) is 2.92. The van der Waals surface area contributed by atoms with Crippen molar-refractivity contribution >= 4 is 15.9 Å². The summed E-state index contributed by atoms with van der Waals surface area (Å²) >= 11 is 3.47. The molecule has 2 heterocycles. The van der Waals surface area contributed by atoms with E-state index >= 15 is 0 Å². The monoisotopic (exact) mass is 270 g/mol. The molecule has 4 heteroatoms. The molecule has 1 aliphatic rings. The van der Waals surface area contributed by atoms with Crippen LogP contribution in [0.3, 0.4) is 0 Å². The predicted octanol–water partition coefficient (Wildman–Crippen LogP) is 2.28. The number of piperidine rings is 1. The molecule has 1 saturated heterocycles. The fourth-order valence-corrected chi connectivity index (χ4v) is 2.24. The first-order chi connectivity index (χ1) is 7.25. The molecule has 0 bridgehead atoms. The molecule has 2 rings (SSSR count). The second-order valence-corrected chi connectivity index (χ2v) is 4.72. The van der Waals surface area contributed by atoms with Gasteiger partial charge < -0.3 is 10.1 Å². The van der Waals surface area contributed by atoms with Crippen LogP contribution in [0, 0.1) is 6.92 Å². The average molecular weight is 271 g/mol. The van der Waals surface area contributed by atoms with Crippen molar-refractivity contribution in [2.75, 3.05) is 13.1 Å². The zero-order valence-corrected chi connectivity index (χ0v) is 10.4. The van der Waals surface area contributed by atoms with Gasteiger partial charge in [0.05, 0.1) is 4.47 Å². The smallest absolute Gasteiger partial charge is 0.228 e. The number of pyridine rings is 1. The second-order valence-electron chi connectivity index (χ2n) is 3.87. The number of nitrogens with one attached hydrogen (secondary N) is 1. The average Bonchev–Trinajstić information content (AvgIpc) is 2.24. The maximum atomic E-state index is 5.84. The van der Waals surface area contributed by atoms with Crippen LogP contribution in [0.25, 0.3) is 0 Å². The van der Waals surface area contributed by atoms with E-state index in [2.05, 4.69) is 26.2 Å². The van der Waals surface area contributed by atoms with Gasteiger partial charge in [-0.2, -0.15) is 0 Å². The van der Waals surface area contributed by atoms with Gasteiger partial charge in [0.15, 0.2) is 0 Å². The second kappa shape index (κ2) is 4.94. The Labute approximate surface area is 98.4 Å². The van der Waals surface area contributed by atoms with Crippen LogP contribution >= 0.6 is 15.9 Å². The van der Waals surface area contributed by atoms with Gasteiger partial charge in [-0.05, 0) is 60.4 Å². The van der Waals surface area contributed by atoms with Crippen molar-refractivity contribution in [1.29, 1.82) is 0 Å². The summed E-state index contributed by atoms with van der Waals surface area (Å²) in [7, 11) is 0. The number of hydrogen-bond acceptors (Lipinski definition) is 3. The first-order valence-electron chi connectivity index (χ1n) is 5.25. The molecular formula is C11H15BrN2O. The molecule has 3 nitrogen and oxygen atoms in total. The minimum absolute atomic E-state index is 0.303. The predicted molar refractivity (Wildman–Crippen MR) is 63.2 cm³/mol. The third-order valence-electron chi connectivity index (χ3n) is 2.51. The molecule has 0 radical (unpaired) electrons. The third-order valence-corrected chi connectivity index (χ3v) is 3.08. The Kier molecular flexibility index (Phi) is 3.59. The van der Waals surface area contributed by atoms with Crippen molar-refractivity contribution in [3.05, 3.63) is 22.3 Å². The van der Waals surface area contributed by atoms with Crippen LogP contribution in [-0.4, -0.2) is 24.2 Å². The lowest BCUT2D eigenvalue weighted by Gasteiger charge is -2.23. The maximum Gasteiger partial charge on any atom is 0.228 e. The van der Waals surface area contributed by atoms with Crippen LogP contribution in [0.5, 0.6) is 5.88 Å². The van der Waals surface area contributed by atoms with E-state index in [-0.39, 0.29) is 0 Å². The standard InChI is InChI=1S/C11H15BrN2O/c1-8-6-10(12)11(14-7-8)15-9-2-4-13-5-3-9/h6-7,9,13H,2-5H2,1H3. The van der Waals surface area contributed by atoms with E-state index in [1.54, 1.807) is 0 Å². The van der Waals surface area contributed by atoms with E-state index < -0.39 is 0 Å². The van der Waals surface area contributed by atoms with E-state index in [0.29, 0.717) is 12.0 Å². The van der Waals surface area contributed by atoms with E-state index in [0.717, 1.165) is 36.0 Å². The summed E-state index contributed by atoms with van der Waals surface area (Å²) in [6, 6.07) is 2.03. The van der Waals surface area contributed by atoms with Gasteiger partial charge in [0, 0.05) is 6.20 Å². The highest BCUT2D eigenvalue weighted by Crippen LogP contribution is 2.25. The molecule has 1 aromatic rings. The van der Waals surface area contributed by atoms with Crippen molar-refractivity contribution in [3.8, 4) is 5.88 Å². The summed E-state index contributed by atoms with van der Waals surface area (Å²) in [5.41, 5.74) is 1.14. The Morgan fingerprint density at radius 2 is 2.20 bits per heavy atom. The van der Waals surface area contributed by atoms with Crippen LogP contribution in [0.1, 0.15) is 18.4 Å². The molecule has 0 atom stereocenters. The van der Waals surface area contributed by atoms with E-state index in [4.69, 9.17) is 4.74 Å². The summed E-state index contributed by atoms with van der Waals surface area (Å²) < 4.78 is 6.79. The first-order valence-corrected chi connectivity index (χ1v) is 6.04. The Bertz CT molecular complexity index is 337. The van der Waals surface area contributed by atoms with E-state index in [1.807, 2.05) is 19.2 Å². The summed E-state index contributed by atoms with van der Waals surface area (Å²) in [6.45, 7) is 4.09. The number of aryl methyl sites for hydroxylation is 1. The van der Waals surface area contributed by atoms with Gasteiger partial charge in [-0.25, -0.2) is 4.98 Å². The van der Waals surface area contributed by atoms with Gasteiger partial charge in [-0.1, -0.05) is 0 Å². The largest absolute Gasteiger partial charge is 0.473 e. The van der Waals surface area contributed by atoms with Crippen molar-refractivity contribution in [2.24, 2.45) is 0 Å². The highest BCUT2D eigenvalue weighted by Gasteiger charge is 2.16. The Morgan fingerprint density at radius 3 is 2.87 bits per heavy atom. The molecule has 1 N–H and O–H groups in total. The summed E-state index contributed by atoms with van der Waals surface area (Å²) in [6.07, 6.45) is 4.25. The summed E-state index contributed by atoms with van der Waals surface area (Å²) in [5.74, 6) is 0.715. The van der Waals surface area contributed by atoms with Gasteiger partial charge >= 0.3 is 0 Å². The van der Waals surface area contributed by atoms with Crippen LogP contribution in [-0.2, 0) is 0 Å². The number of nitrogens with zero attached hydrogens (tertiary/aromatic N) is 1. The molecule has 0 aliphatic carbocycles. The first kappa shape index (κ1) is 10.9. The number of rotatable bonds is 2. The molecule has 0 amide bonds. The molecule has 0 aromatic carbocycles. The van der Waals surface area contributed by atoms with Crippen LogP contribution in [0.4, 0.5) is 0 Å². The molecule has 1 aromatic heterocycles. The SMILES string of the molecule is Cc1cnc(OC2CCNCC2)c(Br)c1. The van der Waals surface area contributed by atoms with Crippen LogP contribution < -0.4 is 10.1 Å². The molecular weight excluding hydrogens is 256 g/mol. The molecule has 82 valence electrons. The van der Waals surface area contributed by atoms with Gasteiger partial charge in [0.1, 0.15) is 6.10 Å². The highest BCUT2D eigenvalue weighted by atomic mass is 79.9. The molecule has 0 unspecified atom stereocenters. The van der Waals surface area contributed by atoms with E-state index in [9.17, 15) is 0 Å². The van der Waals surface area contributed by atoms with Gasteiger partial charge in [-0.3, -0.25) is 0 Å². The summed E-state index contributed by atoms with van der Waals surface area (Å²) in [5, 5.41) is 3.31. The minimum Gasteiger partial charge on any atom is -0.473 e. The fourth-order valence-electron chi connectivity index (χ4n) is 1.68. The van der Waals surface area contributed by atoms with Crippen molar-refractivity contribution in [1.82, 2.24) is 10.3 Å². The zero-order valence-electron chi connectivity index (χ0n) is 8.79. The zero-order chi connectivity index (χ0) is 10.7. The fraction of sp³-hybridized carbons (Fsp3) is 0.545. The van der Waals surface area contributed by atoms with E-state index in [1.165, 1.54) is 0 Å². The topological polar surface area (TPSA) is 34.1 Å². The van der Waals surface area contributed by atoms with Crippen LogP contribution in [0.2, 0.25) is 0 Å². The lowest BCUT2D eigenvalue weighted by molar-refractivity contribution is 0.154. The van der Waals surface area contributed by atoms with Gasteiger partial charge in [0.25, 0.3) is 0 Å². The maximum absolute atomic E-state index is 5.84. The minimum atomic E-state index is 0.303. The molecule has 0 saturated carbocycles. The Hall–Kier alpha value is -0.610. The van der Waals surface area contributed by atoms with Gasteiger partial charge in [0.2, 0.25) is 5.88 Å².